The van der Waals surface area contributed by atoms with Gasteiger partial charge in [0, 0.05) is 18.3 Å². The zero-order valence-electron chi connectivity index (χ0n) is 6.70. The van der Waals surface area contributed by atoms with Gasteiger partial charge in [0.05, 0.1) is 5.71 Å². The lowest BCUT2D eigenvalue weighted by molar-refractivity contribution is 0.316. The summed E-state index contributed by atoms with van der Waals surface area (Å²) in [6.07, 6.45) is 4.29. The van der Waals surface area contributed by atoms with E-state index in [0.29, 0.717) is 0 Å². The molecule has 0 aliphatic heterocycles. The number of nitrogens with zero attached hydrogens (tertiary/aromatic N) is 2. The second-order valence-electron chi connectivity index (χ2n) is 2.95. The molecular formula is C9H10N2O. The first-order valence-corrected chi connectivity index (χ1v) is 4.02. The first-order chi connectivity index (χ1) is 5.90. The Kier molecular flexibility index (Phi) is 1.78. The van der Waals surface area contributed by atoms with Crippen LogP contribution in [0, 0.1) is 0 Å². The Morgan fingerprint density at radius 1 is 1.42 bits per heavy atom. The summed E-state index contributed by atoms with van der Waals surface area (Å²) in [6, 6.07) is 3.95. The molecule has 3 nitrogen and oxygen atoms in total. The van der Waals surface area contributed by atoms with E-state index in [-0.39, 0.29) is 0 Å². The summed E-state index contributed by atoms with van der Waals surface area (Å²) >= 11 is 0. The lowest BCUT2D eigenvalue weighted by atomic mass is 9.95. The number of rotatable bonds is 0. The molecule has 0 fully saturated rings. The molecule has 1 aromatic rings. The third kappa shape index (κ3) is 1.18. The van der Waals surface area contributed by atoms with Crippen LogP contribution in [-0.2, 0) is 12.8 Å². The third-order valence-corrected chi connectivity index (χ3v) is 2.17. The van der Waals surface area contributed by atoms with Gasteiger partial charge in [0.25, 0.3) is 0 Å². The zero-order valence-corrected chi connectivity index (χ0v) is 6.70. The van der Waals surface area contributed by atoms with E-state index in [1.54, 1.807) is 6.20 Å². The molecule has 62 valence electrons. The second-order valence-corrected chi connectivity index (χ2v) is 2.95. The standard InChI is InChI=1S/C9H10N2O/c12-11-8-3-4-9-7(6-8)2-1-5-10-9/h1-2,5,12H,3-4,6H2/b11-8+. The molecule has 1 aromatic heterocycles. The molecule has 3 heteroatoms. The van der Waals surface area contributed by atoms with Crippen molar-refractivity contribution < 1.29 is 5.21 Å². The highest BCUT2D eigenvalue weighted by Crippen LogP contribution is 2.16. The van der Waals surface area contributed by atoms with Gasteiger partial charge in [-0.15, -0.1) is 0 Å². The van der Waals surface area contributed by atoms with Crippen LogP contribution in [0.4, 0.5) is 0 Å². The van der Waals surface area contributed by atoms with E-state index in [9.17, 15) is 0 Å². The van der Waals surface area contributed by atoms with Crippen LogP contribution in [0.3, 0.4) is 0 Å². The summed E-state index contributed by atoms with van der Waals surface area (Å²) in [7, 11) is 0. The summed E-state index contributed by atoms with van der Waals surface area (Å²) in [5.74, 6) is 0. The number of aromatic nitrogens is 1. The molecule has 12 heavy (non-hydrogen) atoms. The smallest absolute Gasteiger partial charge is 0.0619 e. The van der Waals surface area contributed by atoms with Crippen LogP contribution in [0.1, 0.15) is 17.7 Å². The topological polar surface area (TPSA) is 45.5 Å². The zero-order chi connectivity index (χ0) is 8.39. The molecule has 0 aromatic carbocycles. The van der Waals surface area contributed by atoms with Gasteiger partial charge in [-0.05, 0) is 24.5 Å². The number of hydrogen-bond acceptors (Lipinski definition) is 3. The normalized spacial score (nSPS) is 19.2. The molecule has 0 saturated carbocycles. The van der Waals surface area contributed by atoms with Crippen LogP contribution in [0.2, 0.25) is 0 Å². The highest BCUT2D eigenvalue weighted by molar-refractivity contribution is 5.87. The van der Waals surface area contributed by atoms with Crippen molar-refractivity contribution in [2.24, 2.45) is 5.16 Å². The SMILES string of the molecule is O/N=C1\CCc2ncccc2C1. The highest BCUT2D eigenvalue weighted by atomic mass is 16.4. The van der Waals surface area contributed by atoms with Gasteiger partial charge in [-0.1, -0.05) is 11.2 Å². The van der Waals surface area contributed by atoms with Crippen LogP contribution in [0.15, 0.2) is 23.5 Å². The first-order valence-electron chi connectivity index (χ1n) is 4.02. The van der Waals surface area contributed by atoms with Gasteiger partial charge in [-0.25, -0.2) is 0 Å². The molecule has 0 spiro atoms. The van der Waals surface area contributed by atoms with E-state index >= 15 is 0 Å². The van der Waals surface area contributed by atoms with Crippen LogP contribution < -0.4 is 0 Å². The molecule has 1 N–H and O–H groups in total. The number of hydrogen-bond donors (Lipinski definition) is 1. The van der Waals surface area contributed by atoms with Gasteiger partial charge in [0.15, 0.2) is 0 Å². The van der Waals surface area contributed by atoms with Crippen LogP contribution in [-0.4, -0.2) is 15.9 Å². The first kappa shape index (κ1) is 7.28. The van der Waals surface area contributed by atoms with Crippen LogP contribution >= 0.6 is 0 Å². The van der Waals surface area contributed by atoms with Gasteiger partial charge >= 0.3 is 0 Å². The lowest BCUT2D eigenvalue weighted by Gasteiger charge is -2.14. The minimum Gasteiger partial charge on any atom is -0.411 e. The molecule has 0 saturated heterocycles. The van der Waals surface area contributed by atoms with E-state index in [4.69, 9.17) is 5.21 Å². The third-order valence-electron chi connectivity index (χ3n) is 2.17. The second kappa shape index (κ2) is 2.93. The fourth-order valence-corrected chi connectivity index (χ4v) is 1.51. The van der Waals surface area contributed by atoms with Gasteiger partial charge in [0.1, 0.15) is 0 Å². The summed E-state index contributed by atoms with van der Waals surface area (Å²) in [5, 5.41) is 11.8. The summed E-state index contributed by atoms with van der Waals surface area (Å²) in [6.45, 7) is 0. The van der Waals surface area contributed by atoms with Crippen LogP contribution in [0.25, 0.3) is 0 Å². The van der Waals surface area contributed by atoms with Crippen molar-refractivity contribution in [1.29, 1.82) is 0 Å². The minimum atomic E-state index is 0.750. The van der Waals surface area contributed by atoms with Crippen molar-refractivity contribution in [2.75, 3.05) is 0 Å². The number of aryl methyl sites for hydroxylation is 1. The molecule has 0 atom stereocenters. The van der Waals surface area contributed by atoms with E-state index < -0.39 is 0 Å². The van der Waals surface area contributed by atoms with Crippen molar-refractivity contribution in [3.8, 4) is 0 Å². The van der Waals surface area contributed by atoms with Gasteiger partial charge in [-0.3, -0.25) is 4.98 Å². The maximum atomic E-state index is 8.58. The Labute approximate surface area is 70.7 Å². The molecule has 0 radical (unpaired) electrons. The van der Waals surface area contributed by atoms with Gasteiger partial charge in [-0.2, -0.15) is 0 Å². The minimum absolute atomic E-state index is 0.750. The molecule has 0 bridgehead atoms. The average molecular weight is 162 g/mol. The fraction of sp³-hybridized carbons (Fsp3) is 0.333. The van der Waals surface area contributed by atoms with E-state index in [1.165, 1.54) is 5.56 Å². The predicted molar refractivity (Wildman–Crippen MR) is 45.5 cm³/mol. The predicted octanol–water partition coefficient (Wildman–Crippen LogP) is 1.40. The molecule has 0 amide bonds. The molecule has 1 heterocycles. The maximum Gasteiger partial charge on any atom is 0.0619 e. The van der Waals surface area contributed by atoms with Crippen LogP contribution in [0.5, 0.6) is 0 Å². The monoisotopic (exact) mass is 162 g/mol. The van der Waals surface area contributed by atoms with E-state index in [1.807, 2.05) is 12.1 Å². The van der Waals surface area contributed by atoms with Crippen molar-refractivity contribution in [3.63, 3.8) is 0 Å². The summed E-state index contributed by atoms with van der Waals surface area (Å²) < 4.78 is 0. The Bertz CT molecular complexity index is 320. The Morgan fingerprint density at radius 3 is 3.17 bits per heavy atom. The van der Waals surface area contributed by atoms with Crippen molar-refractivity contribution in [1.82, 2.24) is 4.98 Å². The number of pyridine rings is 1. The highest BCUT2D eigenvalue weighted by Gasteiger charge is 2.14. The largest absolute Gasteiger partial charge is 0.411 e. The molecule has 1 aliphatic rings. The van der Waals surface area contributed by atoms with Crippen molar-refractivity contribution in [3.05, 3.63) is 29.6 Å². The summed E-state index contributed by atoms with van der Waals surface area (Å²) in [5.41, 5.74) is 3.19. The molecule has 0 unspecified atom stereocenters. The molecule has 1 aliphatic carbocycles. The number of fused-ring (bicyclic) bond motifs is 1. The Hall–Kier alpha value is -1.38. The van der Waals surface area contributed by atoms with Crippen molar-refractivity contribution >= 4 is 5.71 Å². The van der Waals surface area contributed by atoms with Gasteiger partial charge in [0.2, 0.25) is 0 Å². The average Bonchev–Trinajstić information content (AvgIpc) is 2.17. The molecule has 2 rings (SSSR count). The van der Waals surface area contributed by atoms with Gasteiger partial charge < -0.3 is 5.21 Å². The quantitative estimate of drug-likeness (QED) is 0.463. The lowest BCUT2D eigenvalue weighted by Crippen LogP contribution is -2.14. The summed E-state index contributed by atoms with van der Waals surface area (Å²) in [4.78, 5) is 4.25. The van der Waals surface area contributed by atoms with E-state index in [2.05, 4.69) is 10.1 Å². The fourth-order valence-electron chi connectivity index (χ4n) is 1.51. The molecular weight excluding hydrogens is 152 g/mol. The Morgan fingerprint density at radius 2 is 2.33 bits per heavy atom. The van der Waals surface area contributed by atoms with E-state index in [0.717, 1.165) is 30.7 Å². The Balaban J connectivity index is 2.35. The number of oxime groups is 1. The van der Waals surface area contributed by atoms with Crippen molar-refractivity contribution in [2.45, 2.75) is 19.3 Å². The maximum absolute atomic E-state index is 8.58.